The lowest BCUT2D eigenvalue weighted by atomic mass is 10.3. The highest BCUT2D eigenvalue weighted by Crippen LogP contribution is 2.21. The van der Waals surface area contributed by atoms with Gasteiger partial charge in [0.25, 0.3) is 0 Å². The van der Waals surface area contributed by atoms with Crippen LogP contribution in [-0.2, 0) is 14.3 Å². The number of amides is 1. The summed E-state index contributed by atoms with van der Waals surface area (Å²) in [7, 11) is 1.62. The Kier molecular flexibility index (Phi) is 8.37. The normalized spacial score (nSPS) is 13.7. The van der Waals surface area contributed by atoms with Crippen LogP contribution < -0.4 is 5.32 Å². The fourth-order valence-corrected chi connectivity index (χ4v) is 2.45. The number of aliphatic hydroxyl groups excluding tert-OH is 1. The number of nitrogens with one attached hydrogen (secondary N) is 1. The van der Waals surface area contributed by atoms with Crippen molar-refractivity contribution in [3.05, 3.63) is 24.3 Å². The summed E-state index contributed by atoms with van der Waals surface area (Å²) in [5, 5.41) is 12.6. The van der Waals surface area contributed by atoms with Gasteiger partial charge in [-0.1, -0.05) is 0 Å². The molecule has 0 fully saturated rings. The molecule has 0 aromatic heterocycles. The van der Waals surface area contributed by atoms with Crippen LogP contribution in [0, 0.1) is 0 Å². The number of thioether (sulfide) groups is 1. The summed E-state index contributed by atoms with van der Waals surface area (Å²) < 4.78 is 10.4. The van der Waals surface area contributed by atoms with Gasteiger partial charge in [0, 0.05) is 30.4 Å². The lowest BCUT2D eigenvalue weighted by molar-refractivity contribution is -0.114. The van der Waals surface area contributed by atoms with Crippen molar-refractivity contribution in [2.24, 2.45) is 0 Å². The van der Waals surface area contributed by atoms with Gasteiger partial charge in [0.1, 0.15) is 0 Å². The van der Waals surface area contributed by atoms with Gasteiger partial charge in [0.05, 0.1) is 25.4 Å². The number of aliphatic hydroxyl groups is 1. The van der Waals surface area contributed by atoms with Crippen molar-refractivity contribution in [1.82, 2.24) is 0 Å². The van der Waals surface area contributed by atoms with Crippen molar-refractivity contribution in [2.45, 2.75) is 31.0 Å². The topological polar surface area (TPSA) is 67.8 Å². The molecule has 0 bridgehead atoms. The minimum absolute atomic E-state index is 0.0217. The average Bonchev–Trinajstić information content (AvgIpc) is 2.44. The van der Waals surface area contributed by atoms with Crippen molar-refractivity contribution >= 4 is 23.4 Å². The van der Waals surface area contributed by atoms with E-state index in [1.54, 1.807) is 18.9 Å². The second kappa shape index (κ2) is 9.78. The fourth-order valence-electron chi connectivity index (χ4n) is 1.64. The smallest absolute Gasteiger partial charge is 0.221 e. The Labute approximate surface area is 130 Å². The van der Waals surface area contributed by atoms with Crippen molar-refractivity contribution in [1.29, 1.82) is 0 Å². The lowest BCUT2D eigenvalue weighted by Crippen LogP contribution is -2.24. The van der Waals surface area contributed by atoms with E-state index >= 15 is 0 Å². The highest BCUT2D eigenvalue weighted by molar-refractivity contribution is 7.99. The fraction of sp³-hybridized carbons (Fsp3) is 0.533. The first-order valence-corrected chi connectivity index (χ1v) is 7.79. The van der Waals surface area contributed by atoms with Gasteiger partial charge >= 0.3 is 0 Å². The quantitative estimate of drug-likeness (QED) is 0.684. The Morgan fingerprint density at radius 1 is 1.33 bits per heavy atom. The van der Waals surface area contributed by atoms with E-state index in [1.807, 2.05) is 31.2 Å². The van der Waals surface area contributed by atoms with E-state index < -0.39 is 6.10 Å². The van der Waals surface area contributed by atoms with Crippen LogP contribution >= 0.6 is 11.8 Å². The molecule has 1 amide bonds. The number of methoxy groups -OCH3 is 1. The summed E-state index contributed by atoms with van der Waals surface area (Å²) in [5.41, 5.74) is 0.768. The van der Waals surface area contributed by atoms with Gasteiger partial charge < -0.3 is 19.9 Å². The van der Waals surface area contributed by atoms with E-state index in [-0.39, 0.29) is 12.0 Å². The molecule has 1 rings (SSSR count). The molecule has 0 saturated heterocycles. The first-order valence-electron chi connectivity index (χ1n) is 6.80. The van der Waals surface area contributed by atoms with Crippen molar-refractivity contribution in [2.75, 3.05) is 31.4 Å². The largest absolute Gasteiger partial charge is 0.390 e. The van der Waals surface area contributed by atoms with Crippen molar-refractivity contribution < 1.29 is 19.4 Å². The molecule has 2 unspecified atom stereocenters. The molecular formula is C15H23NO4S. The van der Waals surface area contributed by atoms with Gasteiger partial charge in [0.2, 0.25) is 5.91 Å². The summed E-state index contributed by atoms with van der Waals surface area (Å²) >= 11 is 1.55. The number of benzene rings is 1. The zero-order valence-electron chi connectivity index (χ0n) is 12.7. The number of anilines is 1. The molecule has 2 atom stereocenters. The Hall–Kier alpha value is -1.08. The minimum Gasteiger partial charge on any atom is -0.390 e. The number of carbonyl (C=O) groups excluding carboxylic acids is 1. The molecule has 1 aromatic rings. The predicted octanol–water partition coefficient (Wildman–Crippen LogP) is 2.15. The van der Waals surface area contributed by atoms with Crippen LogP contribution in [0.25, 0.3) is 0 Å². The number of carbonyl (C=O) groups is 1. The molecule has 0 aliphatic heterocycles. The maximum atomic E-state index is 10.9. The molecule has 0 saturated carbocycles. The molecule has 6 heteroatoms. The highest BCUT2D eigenvalue weighted by atomic mass is 32.2. The lowest BCUT2D eigenvalue weighted by Gasteiger charge is -2.15. The average molecular weight is 313 g/mol. The van der Waals surface area contributed by atoms with Gasteiger partial charge in [-0.25, -0.2) is 0 Å². The second-order valence-corrected chi connectivity index (χ2v) is 5.86. The number of hydrogen-bond acceptors (Lipinski definition) is 5. The van der Waals surface area contributed by atoms with Crippen LogP contribution in [0.15, 0.2) is 29.2 Å². The molecule has 2 N–H and O–H groups in total. The van der Waals surface area contributed by atoms with Crippen LogP contribution in [0.3, 0.4) is 0 Å². The molecule has 0 heterocycles. The molecule has 0 aliphatic rings. The van der Waals surface area contributed by atoms with Crippen LogP contribution in [0.5, 0.6) is 0 Å². The number of hydrogen-bond donors (Lipinski definition) is 2. The Morgan fingerprint density at radius 2 is 2.00 bits per heavy atom. The number of ether oxygens (including phenoxy) is 2. The molecule has 0 spiro atoms. The van der Waals surface area contributed by atoms with E-state index in [9.17, 15) is 9.90 Å². The van der Waals surface area contributed by atoms with Gasteiger partial charge in [0.15, 0.2) is 0 Å². The third kappa shape index (κ3) is 8.06. The highest BCUT2D eigenvalue weighted by Gasteiger charge is 2.09. The molecular weight excluding hydrogens is 290 g/mol. The van der Waals surface area contributed by atoms with E-state index in [0.29, 0.717) is 19.0 Å². The zero-order valence-corrected chi connectivity index (χ0v) is 13.5. The summed E-state index contributed by atoms with van der Waals surface area (Å²) in [6.07, 6.45) is -0.545. The standard InChI is InChI=1S/C15H23NO4S/c1-11(8-19-3)20-9-14(18)10-21-15-6-4-13(5-7-15)16-12(2)17/h4-7,11,14,18H,8-10H2,1-3H3,(H,16,17). The zero-order chi connectivity index (χ0) is 15.7. The minimum atomic E-state index is -0.524. The van der Waals surface area contributed by atoms with E-state index in [4.69, 9.17) is 9.47 Å². The summed E-state index contributed by atoms with van der Waals surface area (Å²) in [6.45, 7) is 4.19. The summed E-state index contributed by atoms with van der Waals surface area (Å²) in [6, 6.07) is 7.51. The Balaban J connectivity index is 2.29. The third-order valence-corrected chi connectivity index (χ3v) is 3.75. The maximum Gasteiger partial charge on any atom is 0.221 e. The molecule has 21 heavy (non-hydrogen) atoms. The van der Waals surface area contributed by atoms with Gasteiger partial charge in [-0.3, -0.25) is 4.79 Å². The van der Waals surface area contributed by atoms with Crippen LogP contribution in [-0.4, -0.2) is 49.3 Å². The maximum absolute atomic E-state index is 10.9. The Bertz CT molecular complexity index is 424. The van der Waals surface area contributed by atoms with Crippen LogP contribution in [0.4, 0.5) is 5.69 Å². The molecule has 0 aliphatic carbocycles. The van der Waals surface area contributed by atoms with E-state index in [0.717, 1.165) is 10.6 Å². The van der Waals surface area contributed by atoms with Gasteiger partial charge in [-0.2, -0.15) is 0 Å². The SMILES string of the molecule is COCC(C)OCC(O)CSc1ccc(NC(C)=O)cc1. The first-order chi connectivity index (χ1) is 10.0. The first kappa shape index (κ1) is 18.0. The van der Waals surface area contributed by atoms with Crippen molar-refractivity contribution in [3.63, 3.8) is 0 Å². The van der Waals surface area contributed by atoms with E-state index in [1.165, 1.54) is 6.92 Å². The predicted molar refractivity (Wildman–Crippen MR) is 84.8 cm³/mol. The van der Waals surface area contributed by atoms with Crippen molar-refractivity contribution in [3.8, 4) is 0 Å². The number of rotatable bonds is 9. The third-order valence-electron chi connectivity index (χ3n) is 2.59. The van der Waals surface area contributed by atoms with E-state index in [2.05, 4.69) is 5.32 Å². The second-order valence-electron chi connectivity index (χ2n) is 4.77. The molecule has 0 radical (unpaired) electrons. The van der Waals surface area contributed by atoms with Gasteiger partial charge in [-0.15, -0.1) is 11.8 Å². The molecule has 5 nitrogen and oxygen atoms in total. The van der Waals surface area contributed by atoms with Gasteiger partial charge in [-0.05, 0) is 31.2 Å². The van der Waals surface area contributed by atoms with Crippen LogP contribution in [0.1, 0.15) is 13.8 Å². The summed E-state index contributed by atoms with van der Waals surface area (Å²) in [5.74, 6) is 0.465. The summed E-state index contributed by atoms with van der Waals surface area (Å²) in [4.78, 5) is 11.9. The van der Waals surface area contributed by atoms with Crippen LogP contribution in [0.2, 0.25) is 0 Å². The molecule has 1 aromatic carbocycles. The molecule has 118 valence electrons. The monoisotopic (exact) mass is 313 g/mol. The Morgan fingerprint density at radius 3 is 2.57 bits per heavy atom.